The number of unbranched alkanes of at least 4 members (excludes halogenated alkanes) is 1. The van der Waals surface area contributed by atoms with Crippen molar-refractivity contribution in [2.45, 2.75) is 19.0 Å². The van der Waals surface area contributed by atoms with E-state index < -0.39 is 11.7 Å². The van der Waals surface area contributed by atoms with Gasteiger partial charge in [0, 0.05) is 26.2 Å². The van der Waals surface area contributed by atoms with Gasteiger partial charge in [-0.1, -0.05) is 6.07 Å². The number of nitrogens with two attached hydrogens (primary N) is 1. The number of rotatable bonds is 5. The van der Waals surface area contributed by atoms with Gasteiger partial charge in [0.15, 0.2) is 0 Å². The van der Waals surface area contributed by atoms with Crippen LogP contribution < -0.4 is 10.6 Å². The lowest BCUT2D eigenvalue weighted by atomic mass is 10.0. The monoisotopic (exact) mass is 326 g/mol. The number of piperazine rings is 1. The molecule has 0 aromatic heterocycles. The fourth-order valence-electron chi connectivity index (χ4n) is 2.85. The van der Waals surface area contributed by atoms with Crippen LogP contribution in [0.5, 0.6) is 0 Å². The van der Waals surface area contributed by atoms with Gasteiger partial charge < -0.3 is 10.6 Å². The fraction of sp³-hybridized carbons (Fsp3) is 0.562. The lowest BCUT2D eigenvalue weighted by Crippen LogP contribution is -2.47. The van der Waals surface area contributed by atoms with Crippen LogP contribution >= 0.6 is 0 Å². The molecular formula is C16H21F3N4. The molecule has 1 fully saturated rings. The topological polar surface area (TPSA) is 56.3 Å². The average molecular weight is 326 g/mol. The van der Waals surface area contributed by atoms with Crippen LogP contribution in [-0.4, -0.2) is 44.2 Å². The molecule has 1 aromatic rings. The van der Waals surface area contributed by atoms with E-state index in [9.17, 15) is 18.4 Å². The zero-order chi connectivity index (χ0) is 16.9. The molecule has 0 saturated carbocycles. The number of hydrogen-bond donors (Lipinski definition) is 1. The Kier molecular flexibility index (Phi) is 5.85. The van der Waals surface area contributed by atoms with Crippen LogP contribution in [0.15, 0.2) is 18.2 Å². The quantitative estimate of drug-likeness (QED) is 0.845. The van der Waals surface area contributed by atoms with Gasteiger partial charge in [-0.3, -0.25) is 4.90 Å². The Labute approximate surface area is 134 Å². The zero-order valence-electron chi connectivity index (χ0n) is 12.9. The molecule has 0 radical (unpaired) electrons. The van der Waals surface area contributed by atoms with Gasteiger partial charge in [0.25, 0.3) is 0 Å². The van der Waals surface area contributed by atoms with Crippen LogP contribution in [0, 0.1) is 11.3 Å². The molecule has 0 aliphatic carbocycles. The number of halogens is 3. The van der Waals surface area contributed by atoms with Gasteiger partial charge in [-0.05, 0) is 38.1 Å². The predicted molar refractivity (Wildman–Crippen MR) is 83.1 cm³/mol. The van der Waals surface area contributed by atoms with E-state index in [1.54, 1.807) is 12.1 Å². The Balaban J connectivity index is 2.08. The molecule has 7 heteroatoms. The maximum atomic E-state index is 13.0. The molecule has 1 aromatic carbocycles. The van der Waals surface area contributed by atoms with E-state index >= 15 is 0 Å². The summed E-state index contributed by atoms with van der Waals surface area (Å²) in [6, 6.07) is 5.66. The van der Waals surface area contributed by atoms with Crippen molar-refractivity contribution in [1.29, 1.82) is 5.26 Å². The maximum Gasteiger partial charge on any atom is 0.417 e. The molecule has 1 aliphatic rings. The van der Waals surface area contributed by atoms with E-state index in [-0.39, 0.29) is 5.56 Å². The lowest BCUT2D eigenvalue weighted by molar-refractivity contribution is -0.137. The fourth-order valence-corrected chi connectivity index (χ4v) is 2.85. The third kappa shape index (κ3) is 4.36. The van der Waals surface area contributed by atoms with Crippen molar-refractivity contribution in [2.24, 2.45) is 5.73 Å². The summed E-state index contributed by atoms with van der Waals surface area (Å²) in [6.45, 7) is 4.45. The summed E-state index contributed by atoms with van der Waals surface area (Å²) >= 11 is 0. The molecule has 0 spiro atoms. The van der Waals surface area contributed by atoms with E-state index in [0.29, 0.717) is 25.3 Å². The predicted octanol–water partition coefficient (Wildman–Crippen LogP) is 2.44. The summed E-state index contributed by atoms with van der Waals surface area (Å²) in [5.41, 5.74) is 4.71. The molecule has 23 heavy (non-hydrogen) atoms. The first-order valence-electron chi connectivity index (χ1n) is 7.75. The van der Waals surface area contributed by atoms with Crippen molar-refractivity contribution >= 4 is 5.69 Å². The van der Waals surface area contributed by atoms with Gasteiger partial charge in [0.2, 0.25) is 0 Å². The van der Waals surface area contributed by atoms with Gasteiger partial charge >= 0.3 is 6.18 Å². The minimum atomic E-state index is -4.51. The van der Waals surface area contributed by atoms with E-state index in [1.165, 1.54) is 6.07 Å². The van der Waals surface area contributed by atoms with Crippen LogP contribution in [0.4, 0.5) is 18.9 Å². The van der Waals surface area contributed by atoms with Crippen LogP contribution in [0.25, 0.3) is 0 Å². The first-order valence-corrected chi connectivity index (χ1v) is 7.75. The minimum Gasteiger partial charge on any atom is -0.368 e. The van der Waals surface area contributed by atoms with Crippen molar-refractivity contribution in [3.8, 4) is 6.07 Å². The summed E-state index contributed by atoms with van der Waals surface area (Å²) in [4.78, 5) is 4.15. The Hall–Kier alpha value is -1.78. The Morgan fingerprint density at radius 1 is 1.13 bits per heavy atom. The molecular weight excluding hydrogens is 305 g/mol. The summed E-state index contributed by atoms with van der Waals surface area (Å²) < 4.78 is 39.1. The van der Waals surface area contributed by atoms with E-state index in [4.69, 9.17) is 5.73 Å². The summed E-state index contributed by atoms with van der Waals surface area (Å²) in [7, 11) is 0. The van der Waals surface area contributed by atoms with Gasteiger partial charge in [-0.25, -0.2) is 0 Å². The maximum absolute atomic E-state index is 13.0. The number of hydrogen-bond acceptors (Lipinski definition) is 4. The first-order chi connectivity index (χ1) is 11.0. The number of alkyl halides is 3. The normalized spacial score (nSPS) is 16.4. The lowest BCUT2D eigenvalue weighted by Gasteiger charge is -2.36. The van der Waals surface area contributed by atoms with Gasteiger partial charge in [0.05, 0.1) is 16.8 Å². The molecule has 1 saturated heterocycles. The molecule has 2 N–H and O–H groups in total. The van der Waals surface area contributed by atoms with Crippen LogP contribution in [0.2, 0.25) is 0 Å². The molecule has 126 valence electrons. The molecule has 2 rings (SSSR count). The Morgan fingerprint density at radius 2 is 1.83 bits per heavy atom. The van der Waals surface area contributed by atoms with Crippen LogP contribution in [0.3, 0.4) is 0 Å². The smallest absolute Gasteiger partial charge is 0.368 e. The van der Waals surface area contributed by atoms with Crippen molar-refractivity contribution in [3.05, 3.63) is 29.3 Å². The summed E-state index contributed by atoms with van der Waals surface area (Å²) in [6.07, 6.45) is -2.50. The number of benzene rings is 1. The summed E-state index contributed by atoms with van der Waals surface area (Å²) in [5, 5.41) is 9.19. The molecule has 0 bridgehead atoms. The largest absolute Gasteiger partial charge is 0.417 e. The van der Waals surface area contributed by atoms with Gasteiger partial charge in [-0.15, -0.1) is 0 Å². The van der Waals surface area contributed by atoms with Gasteiger partial charge in [0.1, 0.15) is 6.07 Å². The van der Waals surface area contributed by atoms with Crippen molar-refractivity contribution < 1.29 is 13.2 Å². The highest BCUT2D eigenvalue weighted by Crippen LogP contribution is 2.36. The zero-order valence-corrected chi connectivity index (χ0v) is 12.9. The first kappa shape index (κ1) is 17.6. The van der Waals surface area contributed by atoms with Gasteiger partial charge in [-0.2, -0.15) is 18.4 Å². The van der Waals surface area contributed by atoms with E-state index in [1.807, 2.05) is 4.90 Å². The second kappa shape index (κ2) is 7.66. The molecule has 0 atom stereocenters. The molecule has 0 amide bonds. The molecule has 4 nitrogen and oxygen atoms in total. The number of nitriles is 1. The molecule has 1 aliphatic heterocycles. The average Bonchev–Trinajstić information content (AvgIpc) is 2.54. The SMILES string of the molecule is N#Cc1c(N2CCN(CCCCN)CC2)cccc1C(F)(F)F. The second-order valence-electron chi connectivity index (χ2n) is 5.63. The summed E-state index contributed by atoms with van der Waals surface area (Å²) in [5.74, 6) is 0. The van der Waals surface area contributed by atoms with E-state index in [2.05, 4.69) is 4.90 Å². The highest BCUT2D eigenvalue weighted by molar-refractivity contribution is 5.63. The van der Waals surface area contributed by atoms with Crippen molar-refractivity contribution in [2.75, 3.05) is 44.2 Å². The molecule has 0 unspecified atom stereocenters. The van der Waals surface area contributed by atoms with Crippen LogP contribution in [-0.2, 0) is 6.18 Å². The number of nitrogens with zero attached hydrogens (tertiary/aromatic N) is 3. The standard InChI is InChI=1S/C16H21F3N4/c17-16(18,19)14-4-3-5-15(13(14)12-21)23-10-8-22(9-11-23)7-2-1-6-20/h3-5H,1-2,6-11,20H2. The van der Waals surface area contributed by atoms with Crippen LogP contribution in [0.1, 0.15) is 24.0 Å². The second-order valence-corrected chi connectivity index (χ2v) is 5.63. The highest BCUT2D eigenvalue weighted by Gasteiger charge is 2.35. The Morgan fingerprint density at radius 3 is 2.39 bits per heavy atom. The highest BCUT2D eigenvalue weighted by atomic mass is 19.4. The van der Waals surface area contributed by atoms with Crippen molar-refractivity contribution in [1.82, 2.24) is 4.90 Å². The Bertz CT molecular complexity index is 557. The minimum absolute atomic E-state index is 0.281. The number of anilines is 1. The molecule has 1 heterocycles. The third-order valence-corrected chi connectivity index (χ3v) is 4.10. The van der Waals surface area contributed by atoms with E-state index in [0.717, 1.165) is 38.5 Å². The van der Waals surface area contributed by atoms with Crippen molar-refractivity contribution in [3.63, 3.8) is 0 Å². The third-order valence-electron chi connectivity index (χ3n) is 4.10.